The van der Waals surface area contributed by atoms with E-state index in [0.29, 0.717) is 0 Å². The molecule has 0 saturated carbocycles. The summed E-state index contributed by atoms with van der Waals surface area (Å²) in [5.74, 6) is 0. The van der Waals surface area contributed by atoms with Crippen LogP contribution in [0.15, 0.2) is 42.5 Å². The van der Waals surface area contributed by atoms with E-state index in [1.165, 1.54) is 29.2 Å². The van der Waals surface area contributed by atoms with Gasteiger partial charge in [0.05, 0.1) is 0 Å². The standard InChI is InChI=1S/C13H14.CH4/c1-2-6-11-8-5-9-12-7-3-4-10-13(11)12;/h3-5,7-10H,2,6H2,1H3;1H4. The van der Waals surface area contributed by atoms with Crippen molar-refractivity contribution in [2.75, 3.05) is 0 Å². The second-order valence-corrected chi connectivity index (χ2v) is 3.39. The molecule has 0 unspecified atom stereocenters. The van der Waals surface area contributed by atoms with E-state index in [-0.39, 0.29) is 7.43 Å². The second-order valence-electron chi connectivity index (χ2n) is 3.39. The maximum absolute atomic E-state index is 2.23. The molecule has 14 heavy (non-hydrogen) atoms. The van der Waals surface area contributed by atoms with Crippen LogP contribution in [-0.4, -0.2) is 0 Å². The van der Waals surface area contributed by atoms with Crippen LogP contribution in [0.4, 0.5) is 0 Å². The highest BCUT2D eigenvalue weighted by atomic mass is 14.0. The lowest BCUT2D eigenvalue weighted by Gasteiger charge is -2.03. The molecule has 0 radical (unpaired) electrons. The van der Waals surface area contributed by atoms with Gasteiger partial charge in [-0.25, -0.2) is 0 Å². The molecule has 0 N–H and O–H groups in total. The first-order valence-electron chi connectivity index (χ1n) is 4.88. The topological polar surface area (TPSA) is 0 Å². The molecule has 0 heterocycles. The fourth-order valence-electron chi connectivity index (χ4n) is 1.78. The number of rotatable bonds is 2. The number of benzene rings is 2. The predicted molar refractivity (Wildman–Crippen MR) is 64.7 cm³/mol. The molecule has 0 atom stereocenters. The Morgan fingerprint density at radius 2 is 1.64 bits per heavy atom. The molecule has 0 fully saturated rings. The molecule has 0 spiro atoms. The first-order valence-corrected chi connectivity index (χ1v) is 4.88. The molecule has 0 nitrogen and oxygen atoms in total. The van der Waals surface area contributed by atoms with Crippen molar-refractivity contribution >= 4 is 10.8 Å². The normalized spacial score (nSPS) is 9.79. The Bertz CT molecular complexity index is 396. The summed E-state index contributed by atoms with van der Waals surface area (Å²) in [7, 11) is 0. The lowest BCUT2D eigenvalue weighted by Crippen LogP contribution is -1.84. The summed E-state index contributed by atoms with van der Waals surface area (Å²) in [4.78, 5) is 0. The lowest BCUT2D eigenvalue weighted by molar-refractivity contribution is 0.930. The van der Waals surface area contributed by atoms with Crippen molar-refractivity contribution in [3.8, 4) is 0 Å². The van der Waals surface area contributed by atoms with E-state index in [2.05, 4.69) is 49.4 Å². The largest absolute Gasteiger partial charge is 0.0776 e. The van der Waals surface area contributed by atoms with Crippen LogP contribution >= 0.6 is 0 Å². The number of aryl methyl sites for hydroxylation is 1. The Morgan fingerprint density at radius 3 is 2.43 bits per heavy atom. The van der Waals surface area contributed by atoms with E-state index >= 15 is 0 Å². The van der Waals surface area contributed by atoms with Gasteiger partial charge in [-0.2, -0.15) is 0 Å². The van der Waals surface area contributed by atoms with E-state index in [1.54, 1.807) is 0 Å². The minimum absolute atomic E-state index is 0. The molecule has 74 valence electrons. The molecular formula is C14H18. The monoisotopic (exact) mass is 186 g/mol. The van der Waals surface area contributed by atoms with Gasteiger partial charge in [0, 0.05) is 0 Å². The van der Waals surface area contributed by atoms with Crippen molar-refractivity contribution < 1.29 is 0 Å². The lowest BCUT2D eigenvalue weighted by atomic mass is 10.0. The SMILES string of the molecule is C.CCCc1cccc2ccccc12. The van der Waals surface area contributed by atoms with Gasteiger partial charge < -0.3 is 0 Å². The Balaban J connectivity index is 0.000000980. The van der Waals surface area contributed by atoms with Crippen LogP contribution in [0.25, 0.3) is 10.8 Å². The van der Waals surface area contributed by atoms with Gasteiger partial charge in [0.1, 0.15) is 0 Å². The highest BCUT2D eigenvalue weighted by Gasteiger charge is 1.97. The number of hydrogen-bond donors (Lipinski definition) is 0. The summed E-state index contributed by atoms with van der Waals surface area (Å²) in [5, 5.41) is 2.76. The van der Waals surface area contributed by atoms with Gasteiger partial charge in [-0.1, -0.05) is 63.2 Å². The van der Waals surface area contributed by atoms with Crippen LogP contribution in [0.3, 0.4) is 0 Å². The zero-order valence-corrected chi connectivity index (χ0v) is 7.96. The maximum atomic E-state index is 2.23. The smallest absolute Gasteiger partial charge is 0.0152 e. The van der Waals surface area contributed by atoms with E-state index in [1.807, 2.05) is 0 Å². The molecular weight excluding hydrogens is 168 g/mol. The summed E-state index contributed by atoms with van der Waals surface area (Å²) in [5.41, 5.74) is 1.47. The number of fused-ring (bicyclic) bond motifs is 1. The van der Waals surface area contributed by atoms with Gasteiger partial charge >= 0.3 is 0 Å². The van der Waals surface area contributed by atoms with E-state index in [9.17, 15) is 0 Å². The van der Waals surface area contributed by atoms with Gasteiger partial charge in [-0.3, -0.25) is 0 Å². The van der Waals surface area contributed by atoms with Gasteiger partial charge in [0.15, 0.2) is 0 Å². The third kappa shape index (κ3) is 1.95. The Kier molecular flexibility index (Phi) is 3.70. The molecule has 0 aliphatic heterocycles. The summed E-state index contributed by atoms with van der Waals surface area (Å²) < 4.78 is 0. The van der Waals surface area contributed by atoms with Crippen LogP contribution in [0, 0.1) is 0 Å². The minimum Gasteiger partial charge on any atom is -0.0776 e. The van der Waals surface area contributed by atoms with Gasteiger partial charge in [0.2, 0.25) is 0 Å². The molecule has 0 aliphatic carbocycles. The van der Waals surface area contributed by atoms with Gasteiger partial charge in [-0.15, -0.1) is 0 Å². The fourth-order valence-corrected chi connectivity index (χ4v) is 1.78. The van der Waals surface area contributed by atoms with Gasteiger partial charge in [-0.05, 0) is 22.8 Å². The quantitative estimate of drug-likeness (QED) is 0.651. The summed E-state index contributed by atoms with van der Waals surface area (Å²) >= 11 is 0. The van der Waals surface area contributed by atoms with Crippen molar-refractivity contribution in [1.82, 2.24) is 0 Å². The highest BCUT2D eigenvalue weighted by Crippen LogP contribution is 2.19. The van der Waals surface area contributed by atoms with Crippen LogP contribution in [0.1, 0.15) is 26.3 Å². The first kappa shape index (κ1) is 10.8. The van der Waals surface area contributed by atoms with Crippen molar-refractivity contribution in [3.05, 3.63) is 48.0 Å². The Morgan fingerprint density at radius 1 is 0.929 bits per heavy atom. The first-order chi connectivity index (χ1) is 6.42. The molecule has 0 saturated heterocycles. The molecule has 2 aromatic carbocycles. The average Bonchev–Trinajstić information content (AvgIpc) is 2.19. The molecule has 0 heteroatoms. The molecule has 2 aromatic rings. The third-order valence-corrected chi connectivity index (χ3v) is 2.40. The van der Waals surface area contributed by atoms with E-state index in [0.717, 1.165) is 0 Å². The molecule has 0 amide bonds. The molecule has 0 aromatic heterocycles. The van der Waals surface area contributed by atoms with Crippen LogP contribution in [0.5, 0.6) is 0 Å². The van der Waals surface area contributed by atoms with Crippen molar-refractivity contribution in [2.24, 2.45) is 0 Å². The minimum atomic E-state index is 0. The highest BCUT2D eigenvalue weighted by molar-refractivity contribution is 5.85. The Labute approximate surface area is 86.6 Å². The van der Waals surface area contributed by atoms with Crippen LogP contribution < -0.4 is 0 Å². The fraction of sp³-hybridized carbons (Fsp3) is 0.286. The molecule has 0 aliphatic rings. The maximum Gasteiger partial charge on any atom is -0.0152 e. The second kappa shape index (κ2) is 4.80. The zero-order chi connectivity index (χ0) is 9.10. The van der Waals surface area contributed by atoms with Crippen LogP contribution in [-0.2, 0) is 6.42 Å². The zero-order valence-electron chi connectivity index (χ0n) is 7.96. The summed E-state index contributed by atoms with van der Waals surface area (Å²) in [6.45, 7) is 2.22. The van der Waals surface area contributed by atoms with Crippen LogP contribution in [0.2, 0.25) is 0 Å². The van der Waals surface area contributed by atoms with Crippen molar-refractivity contribution in [3.63, 3.8) is 0 Å². The predicted octanol–water partition coefficient (Wildman–Crippen LogP) is 4.43. The summed E-state index contributed by atoms with van der Waals surface area (Å²) in [6, 6.07) is 15.1. The Hall–Kier alpha value is -1.30. The van der Waals surface area contributed by atoms with Crippen molar-refractivity contribution in [1.29, 1.82) is 0 Å². The van der Waals surface area contributed by atoms with E-state index < -0.39 is 0 Å². The molecule has 2 rings (SSSR count). The third-order valence-electron chi connectivity index (χ3n) is 2.40. The van der Waals surface area contributed by atoms with Gasteiger partial charge in [0.25, 0.3) is 0 Å². The average molecular weight is 186 g/mol. The summed E-state index contributed by atoms with van der Waals surface area (Å²) in [6.07, 6.45) is 2.40. The van der Waals surface area contributed by atoms with E-state index in [4.69, 9.17) is 0 Å². The molecule has 0 bridgehead atoms. The van der Waals surface area contributed by atoms with Crippen molar-refractivity contribution in [2.45, 2.75) is 27.2 Å². The number of hydrogen-bond acceptors (Lipinski definition) is 0.